The number of hydrogen-bond acceptors (Lipinski definition) is 10. The third-order valence-electron chi connectivity index (χ3n) is 11.1. The monoisotopic (exact) mass is 1030 g/mol. The zero-order valence-corrected chi connectivity index (χ0v) is 46.0. The van der Waals surface area contributed by atoms with E-state index in [0.29, 0.717) is 19.3 Å². The Morgan fingerprint density at radius 3 is 1.24 bits per heavy atom. The van der Waals surface area contributed by atoms with E-state index in [1.807, 2.05) is 12.2 Å². The minimum absolute atomic E-state index is 0.0928. The van der Waals surface area contributed by atoms with Crippen molar-refractivity contribution in [2.45, 2.75) is 226 Å². The smallest absolute Gasteiger partial charge is 0.462 e. The summed E-state index contributed by atoms with van der Waals surface area (Å²) in [7, 11) is -4.77. The van der Waals surface area contributed by atoms with E-state index in [9.17, 15) is 28.9 Å². The standard InChI is InChI=1S/C60H99O11P/c1-4-7-10-13-16-19-22-25-26-27-28-29-30-33-34-37-40-43-46-49-58(62)67-53-57(71-60(64)51-48-45-42-39-36-32-24-21-18-15-12-9-6-3)55-69-72(65,66)68-54-56(52-61)70-59(63)50-47-44-41-38-35-31-23-20-17-14-11-8-5-2/h7,10,12,15-16,19-21,23-26,28-29,33-34,40,43,56-57,61H,4-6,8-9,11,13-14,17-18,22,27,30-32,35-39,41-42,44-55H2,1-3H3,(H,65,66)/b10-7-,15-12-,19-16-,23-20-,24-21-,26-25-,29-28-,34-33-,43-40-. The predicted octanol–water partition coefficient (Wildman–Crippen LogP) is 16.2. The van der Waals surface area contributed by atoms with Crippen LogP contribution in [0.4, 0.5) is 0 Å². The van der Waals surface area contributed by atoms with Crippen LogP contribution in [0.1, 0.15) is 213 Å². The highest BCUT2D eigenvalue weighted by Gasteiger charge is 2.28. The van der Waals surface area contributed by atoms with Crippen LogP contribution in [-0.2, 0) is 42.2 Å². The van der Waals surface area contributed by atoms with E-state index in [1.54, 1.807) is 0 Å². The molecule has 410 valence electrons. The van der Waals surface area contributed by atoms with Crippen molar-refractivity contribution in [3.63, 3.8) is 0 Å². The third-order valence-corrected chi connectivity index (χ3v) is 12.1. The van der Waals surface area contributed by atoms with Crippen LogP contribution >= 0.6 is 7.82 Å². The molecule has 0 fully saturated rings. The topological polar surface area (TPSA) is 155 Å². The van der Waals surface area contributed by atoms with E-state index in [4.69, 9.17) is 23.3 Å². The Balaban J connectivity index is 4.86. The van der Waals surface area contributed by atoms with Gasteiger partial charge in [0.2, 0.25) is 0 Å². The number of aliphatic hydroxyl groups is 1. The van der Waals surface area contributed by atoms with Crippen molar-refractivity contribution in [3.8, 4) is 0 Å². The number of phosphoric acid groups is 1. The van der Waals surface area contributed by atoms with Gasteiger partial charge in [0.05, 0.1) is 19.8 Å². The van der Waals surface area contributed by atoms with Gasteiger partial charge >= 0.3 is 25.7 Å². The number of hydrogen-bond donors (Lipinski definition) is 2. The predicted molar refractivity (Wildman–Crippen MR) is 297 cm³/mol. The van der Waals surface area contributed by atoms with Crippen molar-refractivity contribution in [3.05, 3.63) is 109 Å². The number of phosphoric ester groups is 1. The molecule has 0 aromatic carbocycles. The van der Waals surface area contributed by atoms with Gasteiger partial charge < -0.3 is 24.2 Å². The summed E-state index contributed by atoms with van der Waals surface area (Å²) in [5, 5.41) is 9.79. The van der Waals surface area contributed by atoms with Crippen molar-refractivity contribution in [2.24, 2.45) is 0 Å². The molecule has 0 saturated carbocycles. The van der Waals surface area contributed by atoms with E-state index in [1.165, 1.54) is 25.7 Å². The molecule has 0 aliphatic rings. The Labute approximate surface area is 437 Å². The molecule has 0 aliphatic carbocycles. The summed E-state index contributed by atoms with van der Waals surface area (Å²) in [5.41, 5.74) is 0. The molecule has 3 unspecified atom stereocenters. The Kier molecular flexibility index (Phi) is 50.6. The van der Waals surface area contributed by atoms with Crippen LogP contribution in [-0.4, -0.2) is 66.5 Å². The van der Waals surface area contributed by atoms with Crippen LogP contribution < -0.4 is 0 Å². The van der Waals surface area contributed by atoms with Gasteiger partial charge in [-0.25, -0.2) is 4.57 Å². The lowest BCUT2D eigenvalue weighted by Gasteiger charge is -2.21. The van der Waals surface area contributed by atoms with Gasteiger partial charge in [0.25, 0.3) is 0 Å². The molecular formula is C60H99O11P. The highest BCUT2D eigenvalue weighted by molar-refractivity contribution is 7.47. The molecule has 0 aromatic rings. The molecule has 0 heterocycles. The first-order valence-corrected chi connectivity index (χ1v) is 29.3. The molecule has 0 radical (unpaired) electrons. The zero-order valence-electron chi connectivity index (χ0n) is 45.1. The normalized spacial score (nSPS) is 14.2. The quantitative estimate of drug-likeness (QED) is 0.0197. The fourth-order valence-corrected chi connectivity index (χ4v) is 7.73. The lowest BCUT2D eigenvalue weighted by Crippen LogP contribution is -2.30. The van der Waals surface area contributed by atoms with Gasteiger partial charge in [-0.05, 0) is 109 Å². The number of allylic oxidation sites excluding steroid dienone is 18. The van der Waals surface area contributed by atoms with Crippen LogP contribution in [0.25, 0.3) is 0 Å². The van der Waals surface area contributed by atoms with E-state index in [0.717, 1.165) is 128 Å². The molecule has 0 rings (SSSR count). The molecular weight excluding hydrogens is 928 g/mol. The summed E-state index contributed by atoms with van der Waals surface area (Å²) in [5.74, 6) is -1.60. The number of carbonyl (C=O) groups excluding carboxylic acids is 3. The third kappa shape index (κ3) is 51.1. The van der Waals surface area contributed by atoms with Crippen LogP contribution in [0.15, 0.2) is 109 Å². The molecule has 0 aromatic heterocycles. The number of ether oxygens (including phenoxy) is 3. The van der Waals surface area contributed by atoms with E-state index < -0.39 is 57.8 Å². The summed E-state index contributed by atoms with van der Waals surface area (Å²) >= 11 is 0. The van der Waals surface area contributed by atoms with Crippen LogP contribution in [0.5, 0.6) is 0 Å². The van der Waals surface area contributed by atoms with Crippen molar-refractivity contribution in [2.75, 3.05) is 26.4 Å². The molecule has 2 N–H and O–H groups in total. The largest absolute Gasteiger partial charge is 0.472 e. The highest BCUT2D eigenvalue weighted by atomic mass is 31.2. The minimum Gasteiger partial charge on any atom is -0.462 e. The van der Waals surface area contributed by atoms with Crippen molar-refractivity contribution in [1.82, 2.24) is 0 Å². The maximum Gasteiger partial charge on any atom is 0.472 e. The number of rotatable bonds is 50. The first kappa shape index (κ1) is 68.1. The minimum atomic E-state index is -4.77. The fourth-order valence-electron chi connectivity index (χ4n) is 6.94. The van der Waals surface area contributed by atoms with E-state index >= 15 is 0 Å². The first-order valence-electron chi connectivity index (χ1n) is 27.8. The molecule has 72 heavy (non-hydrogen) atoms. The summed E-state index contributed by atoms with van der Waals surface area (Å²) in [4.78, 5) is 48.4. The van der Waals surface area contributed by atoms with E-state index in [-0.39, 0.29) is 25.9 Å². The van der Waals surface area contributed by atoms with E-state index in [2.05, 4.69) is 118 Å². The molecule has 0 saturated heterocycles. The summed E-state index contributed by atoms with van der Waals surface area (Å²) in [6.45, 7) is 4.32. The maximum atomic E-state index is 12.9. The first-order chi connectivity index (χ1) is 35.2. The van der Waals surface area contributed by atoms with Gasteiger partial charge in [-0.2, -0.15) is 0 Å². The Morgan fingerprint density at radius 1 is 0.403 bits per heavy atom. The molecule has 0 amide bonds. The second-order valence-corrected chi connectivity index (χ2v) is 19.5. The van der Waals surface area contributed by atoms with Crippen molar-refractivity contribution in [1.29, 1.82) is 0 Å². The van der Waals surface area contributed by atoms with Gasteiger partial charge in [-0.3, -0.25) is 23.4 Å². The average molecular weight is 1030 g/mol. The molecule has 0 spiro atoms. The second kappa shape index (κ2) is 53.4. The Bertz CT molecular complexity index is 1620. The zero-order chi connectivity index (χ0) is 52.7. The summed E-state index contributed by atoms with van der Waals surface area (Å²) in [6, 6.07) is 0. The van der Waals surface area contributed by atoms with Gasteiger partial charge in [0.1, 0.15) is 12.7 Å². The molecule has 0 bridgehead atoms. The molecule has 12 heteroatoms. The number of esters is 3. The SMILES string of the molecule is CC/C=C\C/C=C\C/C=C\C/C=C\C/C=C\C/C=C\CCC(=O)OCC(COP(=O)(O)OCC(CO)OC(=O)CCCCCCC/C=C\CCCCCC)OC(=O)CCCCCCC/C=C\C/C=C\CCC. The average Bonchev–Trinajstić information content (AvgIpc) is 3.37. The summed E-state index contributed by atoms with van der Waals surface area (Å²) in [6.07, 6.45) is 63.5. The maximum absolute atomic E-state index is 12.9. The fraction of sp³-hybridized carbons (Fsp3) is 0.650. The second-order valence-electron chi connectivity index (χ2n) is 18.0. The molecule has 11 nitrogen and oxygen atoms in total. The molecule has 3 atom stereocenters. The van der Waals surface area contributed by atoms with Gasteiger partial charge in [-0.15, -0.1) is 0 Å². The van der Waals surface area contributed by atoms with Crippen LogP contribution in [0, 0.1) is 0 Å². The lowest BCUT2D eigenvalue weighted by atomic mass is 10.1. The Hall–Kier alpha value is -3.86. The van der Waals surface area contributed by atoms with Gasteiger partial charge in [-0.1, -0.05) is 194 Å². The number of aliphatic hydroxyl groups excluding tert-OH is 1. The molecule has 0 aliphatic heterocycles. The van der Waals surface area contributed by atoms with Crippen LogP contribution in [0.3, 0.4) is 0 Å². The van der Waals surface area contributed by atoms with Crippen LogP contribution in [0.2, 0.25) is 0 Å². The number of carbonyl (C=O) groups is 3. The van der Waals surface area contributed by atoms with Crippen molar-refractivity contribution >= 4 is 25.7 Å². The Morgan fingerprint density at radius 2 is 0.778 bits per heavy atom. The highest BCUT2D eigenvalue weighted by Crippen LogP contribution is 2.43. The number of unbranched alkanes of at least 4 members (excludes halogenated alkanes) is 15. The van der Waals surface area contributed by atoms with Crippen molar-refractivity contribution < 1.29 is 52.2 Å². The van der Waals surface area contributed by atoms with Gasteiger partial charge in [0.15, 0.2) is 6.10 Å². The lowest BCUT2D eigenvalue weighted by molar-refractivity contribution is -0.161. The van der Waals surface area contributed by atoms with Gasteiger partial charge in [0, 0.05) is 19.3 Å². The summed E-state index contributed by atoms with van der Waals surface area (Å²) < 4.78 is 39.3.